The monoisotopic (exact) mass is 320 g/mol. The van der Waals surface area contributed by atoms with E-state index in [1.807, 2.05) is 0 Å². The molecule has 0 amide bonds. The van der Waals surface area contributed by atoms with Gasteiger partial charge in [-0.25, -0.2) is 8.60 Å². The number of esters is 1. The Balaban J connectivity index is 3.02. The van der Waals surface area contributed by atoms with E-state index < -0.39 is 39.2 Å². The van der Waals surface area contributed by atoms with Gasteiger partial charge < -0.3 is 14.6 Å². The molecule has 0 radical (unpaired) electrons. The van der Waals surface area contributed by atoms with Crippen molar-refractivity contribution in [3.8, 4) is 0 Å². The van der Waals surface area contributed by atoms with Crippen molar-refractivity contribution >= 4 is 28.4 Å². The summed E-state index contributed by atoms with van der Waals surface area (Å²) in [5.41, 5.74) is -0.969. The highest BCUT2D eigenvalue weighted by Gasteiger charge is 2.20. The van der Waals surface area contributed by atoms with Crippen molar-refractivity contribution in [2.75, 3.05) is 18.5 Å². The summed E-state index contributed by atoms with van der Waals surface area (Å²) in [4.78, 5) is 21.3. The Morgan fingerprint density at radius 2 is 2.24 bits per heavy atom. The molecular weight excluding hydrogens is 307 g/mol. The van der Waals surface area contributed by atoms with E-state index in [0.717, 1.165) is 12.1 Å². The van der Waals surface area contributed by atoms with Crippen LogP contribution < -0.4 is 5.32 Å². The molecule has 1 atom stereocenters. The fourth-order valence-electron chi connectivity index (χ4n) is 1.52. The minimum absolute atomic E-state index is 0.151. The third kappa shape index (κ3) is 5.08. The van der Waals surface area contributed by atoms with Crippen molar-refractivity contribution < 1.29 is 27.6 Å². The second-order valence-electron chi connectivity index (χ2n) is 3.84. The first-order valence-electron chi connectivity index (χ1n) is 5.79. The van der Waals surface area contributed by atoms with Gasteiger partial charge in [-0.15, -0.1) is 0 Å². The quantitative estimate of drug-likeness (QED) is 0.337. The number of benzene rings is 1. The normalized spacial score (nSPS) is 11.8. The molecule has 1 rings (SSSR count). The second-order valence-corrected chi connectivity index (χ2v) is 4.77. The molecule has 0 bridgehead atoms. The molecule has 10 heteroatoms. The van der Waals surface area contributed by atoms with E-state index in [0.29, 0.717) is 0 Å². The Labute approximate surface area is 121 Å². The number of nitro benzene ring substituents is 1. The average molecular weight is 320 g/mol. The molecule has 0 saturated heterocycles. The number of nitro groups is 1. The molecule has 0 saturated carbocycles. The standard InChI is InChI=1S/C11H13FN2O6S/c1-2-20-11(15)5-13-9-4-8(12)7(6-21(18)19)3-10(9)14(16)17/h3-4,13H,2,5-6H2,1H3,(H,18,19). The topological polar surface area (TPSA) is 119 Å². The van der Waals surface area contributed by atoms with Crippen molar-refractivity contribution in [1.29, 1.82) is 0 Å². The van der Waals surface area contributed by atoms with Gasteiger partial charge in [-0.3, -0.25) is 14.9 Å². The third-order valence-electron chi connectivity index (χ3n) is 2.37. The van der Waals surface area contributed by atoms with E-state index in [1.54, 1.807) is 6.92 Å². The van der Waals surface area contributed by atoms with Crippen LogP contribution in [-0.2, 0) is 26.4 Å². The number of anilines is 1. The van der Waals surface area contributed by atoms with Crippen LogP contribution in [0.5, 0.6) is 0 Å². The van der Waals surface area contributed by atoms with E-state index in [-0.39, 0.29) is 24.4 Å². The molecular formula is C11H13FN2O6S. The number of halogens is 1. The van der Waals surface area contributed by atoms with Crippen LogP contribution in [0.25, 0.3) is 0 Å². The lowest BCUT2D eigenvalue weighted by molar-refractivity contribution is -0.384. The number of nitrogens with one attached hydrogen (secondary N) is 1. The summed E-state index contributed by atoms with van der Waals surface area (Å²) >= 11 is -2.33. The van der Waals surface area contributed by atoms with Gasteiger partial charge >= 0.3 is 5.97 Å². The second kappa shape index (κ2) is 7.64. The minimum atomic E-state index is -2.33. The highest BCUT2D eigenvalue weighted by atomic mass is 32.2. The summed E-state index contributed by atoms with van der Waals surface area (Å²) in [6, 6.07) is 1.66. The van der Waals surface area contributed by atoms with Gasteiger partial charge in [-0.2, -0.15) is 0 Å². The summed E-state index contributed by atoms with van der Waals surface area (Å²) < 4.78 is 37.7. The van der Waals surface area contributed by atoms with Crippen molar-refractivity contribution in [1.82, 2.24) is 0 Å². The number of carbonyl (C=O) groups excluding carboxylic acids is 1. The number of hydrogen-bond acceptors (Lipinski definition) is 6. The summed E-state index contributed by atoms with van der Waals surface area (Å²) in [5.74, 6) is -2.09. The fourth-order valence-corrected chi connectivity index (χ4v) is 2.01. The van der Waals surface area contributed by atoms with E-state index in [4.69, 9.17) is 4.55 Å². The molecule has 1 aromatic carbocycles. The zero-order valence-electron chi connectivity index (χ0n) is 11.0. The molecule has 8 nitrogen and oxygen atoms in total. The molecule has 116 valence electrons. The maximum absolute atomic E-state index is 13.7. The first-order chi connectivity index (χ1) is 9.85. The lowest BCUT2D eigenvalue weighted by atomic mass is 10.1. The van der Waals surface area contributed by atoms with Gasteiger partial charge in [0.25, 0.3) is 5.69 Å². The van der Waals surface area contributed by atoms with Crippen molar-refractivity contribution in [2.45, 2.75) is 12.7 Å². The molecule has 0 aliphatic heterocycles. The van der Waals surface area contributed by atoms with Crippen LogP contribution in [0, 0.1) is 15.9 Å². The van der Waals surface area contributed by atoms with E-state index in [2.05, 4.69) is 10.1 Å². The Morgan fingerprint density at radius 3 is 2.76 bits per heavy atom. The zero-order chi connectivity index (χ0) is 16.0. The minimum Gasteiger partial charge on any atom is -0.465 e. The highest BCUT2D eigenvalue weighted by molar-refractivity contribution is 7.78. The van der Waals surface area contributed by atoms with Gasteiger partial charge in [0.1, 0.15) is 18.0 Å². The van der Waals surface area contributed by atoms with Gasteiger partial charge in [0.15, 0.2) is 11.1 Å². The third-order valence-corrected chi connectivity index (χ3v) is 2.93. The number of carbonyl (C=O) groups is 1. The Bertz CT molecular complexity index is 580. The fraction of sp³-hybridized carbons (Fsp3) is 0.364. The van der Waals surface area contributed by atoms with Crippen LogP contribution in [0.3, 0.4) is 0 Å². The molecule has 21 heavy (non-hydrogen) atoms. The summed E-state index contributed by atoms with van der Waals surface area (Å²) in [6.07, 6.45) is 0. The largest absolute Gasteiger partial charge is 0.465 e. The maximum atomic E-state index is 13.7. The predicted molar refractivity (Wildman–Crippen MR) is 72.7 cm³/mol. The highest BCUT2D eigenvalue weighted by Crippen LogP contribution is 2.28. The van der Waals surface area contributed by atoms with Crippen LogP contribution in [0.2, 0.25) is 0 Å². The van der Waals surface area contributed by atoms with Crippen molar-refractivity contribution in [3.63, 3.8) is 0 Å². The van der Waals surface area contributed by atoms with E-state index in [1.165, 1.54) is 0 Å². The summed E-state index contributed by atoms with van der Waals surface area (Å²) in [6.45, 7) is 1.39. The number of ether oxygens (including phenoxy) is 1. The number of rotatable bonds is 7. The Hall–Kier alpha value is -2.07. The molecule has 0 fully saturated rings. The van der Waals surface area contributed by atoms with Crippen LogP contribution in [0.15, 0.2) is 12.1 Å². The van der Waals surface area contributed by atoms with Gasteiger partial charge in [-0.1, -0.05) is 0 Å². The van der Waals surface area contributed by atoms with Gasteiger partial charge in [0, 0.05) is 17.7 Å². The van der Waals surface area contributed by atoms with Crippen molar-refractivity contribution in [2.24, 2.45) is 0 Å². The summed E-state index contributed by atoms with van der Waals surface area (Å²) in [5, 5.41) is 13.3. The van der Waals surface area contributed by atoms with Gasteiger partial charge in [0.05, 0.1) is 17.3 Å². The molecule has 0 aliphatic rings. The molecule has 0 aliphatic carbocycles. The smallest absolute Gasteiger partial charge is 0.325 e. The van der Waals surface area contributed by atoms with E-state index >= 15 is 0 Å². The van der Waals surface area contributed by atoms with Gasteiger partial charge in [-0.05, 0) is 6.92 Å². The first-order valence-corrected chi connectivity index (χ1v) is 7.06. The SMILES string of the molecule is CCOC(=O)CNc1cc(F)c(CS(=O)O)cc1[N+](=O)[O-]. The van der Waals surface area contributed by atoms with Crippen LogP contribution in [0.4, 0.5) is 15.8 Å². The molecule has 2 N–H and O–H groups in total. The molecule has 0 aromatic heterocycles. The molecule has 1 aromatic rings. The van der Waals surface area contributed by atoms with E-state index in [9.17, 15) is 23.5 Å². The van der Waals surface area contributed by atoms with Crippen LogP contribution in [0.1, 0.15) is 12.5 Å². The summed E-state index contributed by atoms with van der Waals surface area (Å²) in [7, 11) is 0. The van der Waals surface area contributed by atoms with Crippen LogP contribution >= 0.6 is 0 Å². The lowest BCUT2D eigenvalue weighted by Crippen LogP contribution is -2.17. The Morgan fingerprint density at radius 1 is 1.57 bits per heavy atom. The lowest BCUT2D eigenvalue weighted by Gasteiger charge is -2.09. The molecule has 0 spiro atoms. The molecule has 1 unspecified atom stereocenters. The van der Waals surface area contributed by atoms with Crippen LogP contribution in [-0.4, -0.2) is 32.8 Å². The van der Waals surface area contributed by atoms with Crippen molar-refractivity contribution in [3.05, 3.63) is 33.6 Å². The predicted octanol–water partition coefficient (Wildman–Crippen LogP) is 1.43. The van der Waals surface area contributed by atoms with Gasteiger partial charge in [0.2, 0.25) is 0 Å². The Kier molecular flexibility index (Phi) is 6.18. The maximum Gasteiger partial charge on any atom is 0.325 e. The number of nitrogens with zero attached hydrogens (tertiary/aromatic N) is 1. The number of hydrogen-bond donors (Lipinski definition) is 2. The first kappa shape index (κ1) is 17.0. The zero-order valence-corrected chi connectivity index (χ0v) is 11.8. The molecule has 0 heterocycles. The average Bonchev–Trinajstić information content (AvgIpc) is 2.38.